The van der Waals surface area contributed by atoms with E-state index >= 15 is 0 Å². The molecule has 27 heavy (non-hydrogen) atoms. The second-order valence-electron chi connectivity index (χ2n) is 6.00. The third-order valence-corrected chi connectivity index (χ3v) is 4.82. The Bertz CT molecular complexity index is 842. The molecule has 146 valence electrons. The molecule has 2 aromatic rings. The van der Waals surface area contributed by atoms with Gasteiger partial charge in [0.1, 0.15) is 6.61 Å². The molecular formula is C19H16Cl2F4O2. The summed E-state index contributed by atoms with van der Waals surface area (Å²) < 4.78 is 59.7. The van der Waals surface area contributed by atoms with E-state index in [0.29, 0.717) is 22.0 Å². The van der Waals surface area contributed by atoms with Crippen LogP contribution in [0.4, 0.5) is 17.6 Å². The lowest BCUT2D eigenvalue weighted by Gasteiger charge is -2.17. The van der Waals surface area contributed by atoms with Crippen LogP contribution in [0.5, 0.6) is 0 Å². The van der Waals surface area contributed by atoms with Gasteiger partial charge in [-0.3, -0.25) is 4.79 Å². The van der Waals surface area contributed by atoms with E-state index in [4.69, 9.17) is 27.9 Å². The summed E-state index contributed by atoms with van der Waals surface area (Å²) in [5.41, 5.74) is -1.07. The molecule has 0 N–H and O–H groups in total. The summed E-state index contributed by atoms with van der Waals surface area (Å²) in [6, 6.07) is 4.84. The predicted octanol–water partition coefficient (Wildman–Crippen LogP) is 6.49. The highest BCUT2D eigenvalue weighted by atomic mass is 35.5. The molecule has 0 aliphatic rings. The van der Waals surface area contributed by atoms with Gasteiger partial charge < -0.3 is 4.74 Å². The van der Waals surface area contributed by atoms with Crippen LogP contribution >= 0.6 is 23.2 Å². The van der Waals surface area contributed by atoms with Crippen molar-refractivity contribution in [3.63, 3.8) is 0 Å². The first-order chi connectivity index (χ1) is 12.7. The van der Waals surface area contributed by atoms with Crippen LogP contribution in [-0.4, -0.2) is 5.97 Å². The number of ether oxygens (including phenoxy) is 1. The molecule has 0 aliphatic carbocycles. The predicted molar refractivity (Wildman–Crippen MR) is 94.9 cm³/mol. The second-order valence-corrected chi connectivity index (χ2v) is 6.84. The van der Waals surface area contributed by atoms with E-state index in [9.17, 15) is 22.4 Å². The van der Waals surface area contributed by atoms with Gasteiger partial charge in [-0.2, -0.15) is 0 Å². The van der Waals surface area contributed by atoms with Crippen molar-refractivity contribution in [3.8, 4) is 0 Å². The quantitative estimate of drug-likeness (QED) is 0.302. The first-order valence-electron chi connectivity index (χ1n) is 8.09. The molecule has 0 saturated heterocycles. The van der Waals surface area contributed by atoms with Crippen molar-refractivity contribution in [1.29, 1.82) is 0 Å². The van der Waals surface area contributed by atoms with Gasteiger partial charge >= 0.3 is 5.97 Å². The minimum absolute atomic E-state index is 0.127. The Kier molecular flexibility index (Phi) is 7.12. The molecule has 0 amide bonds. The standard InChI is InChI=1S/C19H16Cl2F4O2/c1-3-10(12-5-4-11(20)7-14(12)21)6-15(26)27-8-13-18(24)16(22)9(2)17(23)19(13)25/h4-5,7,10H,3,6,8H2,1-2H3/t10-/m0/s1. The molecule has 2 nitrogen and oxygen atoms in total. The van der Waals surface area contributed by atoms with Crippen molar-refractivity contribution < 1.29 is 27.1 Å². The number of benzene rings is 2. The van der Waals surface area contributed by atoms with Crippen molar-refractivity contribution in [2.45, 2.75) is 39.2 Å². The van der Waals surface area contributed by atoms with Gasteiger partial charge in [0, 0.05) is 15.6 Å². The van der Waals surface area contributed by atoms with E-state index in [1.807, 2.05) is 6.92 Å². The summed E-state index contributed by atoms with van der Waals surface area (Å²) in [5.74, 6) is -7.28. The van der Waals surface area contributed by atoms with Gasteiger partial charge in [-0.25, -0.2) is 17.6 Å². The second kappa shape index (κ2) is 8.93. The number of rotatable bonds is 6. The van der Waals surface area contributed by atoms with Crippen LogP contribution in [0, 0.1) is 30.2 Å². The highest BCUT2D eigenvalue weighted by Gasteiger charge is 2.25. The van der Waals surface area contributed by atoms with E-state index in [0.717, 1.165) is 6.92 Å². The van der Waals surface area contributed by atoms with Crippen LogP contribution in [0.15, 0.2) is 18.2 Å². The number of hydrogen-bond donors (Lipinski definition) is 0. The van der Waals surface area contributed by atoms with Gasteiger partial charge in [-0.15, -0.1) is 0 Å². The molecule has 0 bridgehead atoms. The van der Waals surface area contributed by atoms with Crippen molar-refractivity contribution in [2.75, 3.05) is 0 Å². The molecule has 0 radical (unpaired) electrons. The van der Waals surface area contributed by atoms with Crippen molar-refractivity contribution >= 4 is 29.2 Å². The zero-order valence-corrected chi connectivity index (χ0v) is 16.0. The SMILES string of the molecule is CC[C@@H](CC(=O)OCc1c(F)c(F)c(C)c(F)c1F)c1ccc(Cl)cc1Cl. The molecule has 0 aromatic heterocycles. The Labute approximate surface area is 164 Å². The Balaban J connectivity index is 2.12. The number of hydrogen-bond acceptors (Lipinski definition) is 2. The van der Waals surface area contributed by atoms with Gasteiger partial charge in [-0.1, -0.05) is 36.2 Å². The fourth-order valence-corrected chi connectivity index (χ4v) is 3.20. The van der Waals surface area contributed by atoms with Gasteiger partial charge in [0.05, 0.1) is 12.0 Å². The molecule has 0 aliphatic heterocycles. The average Bonchev–Trinajstić information content (AvgIpc) is 2.63. The van der Waals surface area contributed by atoms with Gasteiger partial charge in [0.15, 0.2) is 23.3 Å². The fourth-order valence-electron chi connectivity index (χ4n) is 2.63. The van der Waals surface area contributed by atoms with Crippen LogP contribution in [0.25, 0.3) is 0 Å². The van der Waals surface area contributed by atoms with E-state index in [2.05, 4.69) is 0 Å². The molecule has 2 rings (SSSR count). The number of carbonyl (C=O) groups excluding carboxylic acids is 1. The maximum atomic E-state index is 13.8. The van der Waals surface area contributed by atoms with Crippen LogP contribution in [0.3, 0.4) is 0 Å². The van der Waals surface area contributed by atoms with Crippen molar-refractivity contribution in [3.05, 3.63) is 68.2 Å². The molecule has 0 heterocycles. The van der Waals surface area contributed by atoms with Crippen LogP contribution in [-0.2, 0) is 16.1 Å². The minimum Gasteiger partial charge on any atom is -0.461 e. The first-order valence-corrected chi connectivity index (χ1v) is 8.84. The van der Waals surface area contributed by atoms with Crippen molar-refractivity contribution in [1.82, 2.24) is 0 Å². The molecule has 8 heteroatoms. The number of esters is 1. The smallest absolute Gasteiger partial charge is 0.306 e. The van der Waals surface area contributed by atoms with E-state index in [1.165, 1.54) is 6.07 Å². The number of halogens is 6. The van der Waals surface area contributed by atoms with E-state index < -0.39 is 47.0 Å². The zero-order chi connectivity index (χ0) is 20.3. The van der Waals surface area contributed by atoms with E-state index in [-0.39, 0.29) is 12.3 Å². The summed E-state index contributed by atoms with van der Waals surface area (Å²) >= 11 is 12.0. The summed E-state index contributed by atoms with van der Waals surface area (Å²) in [5, 5.41) is 0.817. The third kappa shape index (κ3) is 4.74. The molecule has 0 saturated carbocycles. The highest BCUT2D eigenvalue weighted by molar-refractivity contribution is 6.35. The Morgan fingerprint density at radius 3 is 2.19 bits per heavy atom. The molecule has 1 atom stereocenters. The highest BCUT2D eigenvalue weighted by Crippen LogP contribution is 2.32. The molecule has 0 unspecified atom stereocenters. The first kappa shape index (κ1) is 21.5. The molecule has 2 aromatic carbocycles. The fraction of sp³-hybridized carbons (Fsp3) is 0.316. The lowest BCUT2D eigenvalue weighted by molar-refractivity contribution is -0.145. The average molecular weight is 423 g/mol. The van der Waals surface area contributed by atoms with E-state index in [1.54, 1.807) is 12.1 Å². The van der Waals surface area contributed by atoms with Crippen LogP contribution in [0.2, 0.25) is 10.0 Å². The van der Waals surface area contributed by atoms with Crippen LogP contribution < -0.4 is 0 Å². The maximum Gasteiger partial charge on any atom is 0.306 e. The molecular weight excluding hydrogens is 407 g/mol. The van der Waals surface area contributed by atoms with Gasteiger partial charge in [0.25, 0.3) is 0 Å². The number of carbonyl (C=O) groups is 1. The Morgan fingerprint density at radius 2 is 1.67 bits per heavy atom. The van der Waals surface area contributed by atoms with Crippen LogP contribution in [0.1, 0.15) is 42.4 Å². The minimum atomic E-state index is -1.58. The summed E-state index contributed by atoms with van der Waals surface area (Å²) in [6.07, 6.45) is 0.408. The van der Waals surface area contributed by atoms with Crippen molar-refractivity contribution in [2.24, 2.45) is 0 Å². The lowest BCUT2D eigenvalue weighted by Crippen LogP contribution is -2.13. The van der Waals surface area contributed by atoms with Gasteiger partial charge in [0.2, 0.25) is 0 Å². The normalized spacial score (nSPS) is 12.1. The lowest BCUT2D eigenvalue weighted by atomic mass is 9.93. The largest absolute Gasteiger partial charge is 0.461 e. The molecule has 0 spiro atoms. The summed E-state index contributed by atoms with van der Waals surface area (Å²) in [4.78, 5) is 12.1. The topological polar surface area (TPSA) is 26.3 Å². The Morgan fingerprint density at radius 1 is 1.07 bits per heavy atom. The van der Waals surface area contributed by atoms with Gasteiger partial charge in [-0.05, 0) is 37.0 Å². The third-order valence-electron chi connectivity index (χ3n) is 4.26. The summed E-state index contributed by atoms with van der Waals surface area (Å²) in [7, 11) is 0. The zero-order valence-electron chi connectivity index (χ0n) is 14.5. The Hall–Kier alpha value is -1.79. The molecule has 0 fully saturated rings. The monoisotopic (exact) mass is 422 g/mol. The summed E-state index contributed by atoms with van der Waals surface area (Å²) in [6.45, 7) is 1.82. The maximum absolute atomic E-state index is 13.8.